The highest BCUT2D eigenvalue weighted by Gasteiger charge is 2.21. The van der Waals surface area contributed by atoms with Gasteiger partial charge in [-0.3, -0.25) is 9.78 Å². The van der Waals surface area contributed by atoms with E-state index in [2.05, 4.69) is 15.4 Å². The lowest BCUT2D eigenvalue weighted by molar-refractivity contribution is 0.0933. The Kier molecular flexibility index (Phi) is 6.76. The average molecular weight is 465 g/mol. The Morgan fingerprint density at radius 1 is 1.26 bits per heavy atom. The molecule has 2 heterocycles. The van der Waals surface area contributed by atoms with Crippen molar-refractivity contribution in [3.8, 4) is 5.69 Å². The summed E-state index contributed by atoms with van der Waals surface area (Å²) in [5, 5.41) is 7.13. The third-order valence-electron chi connectivity index (χ3n) is 4.85. The SMILES string of the molecule is CCCC(NC(=O)c1cnn(-c2ccc(F)c(Cl)c2)c1C)c1cncc(S(C)(=O)=O)c1. The summed E-state index contributed by atoms with van der Waals surface area (Å²) in [6.07, 6.45) is 6.73. The number of nitrogens with one attached hydrogen (secondary N) is 1. The first-order valence-corrected chi connectivity index (χ1v) is 11.8. The van der Waals surface area contributed by atoms with E-state index in [1.807, 2.05) is 6.92 Å². The number of nitrogens with zero attached hydrogens (tertiary/aromatic N) is 3. The average Bonchev–Trinajstić information content (AvgIpc) is 3.10. The van der Waals surface area contributed by atoms with Crippen LogP contribution in [0, 0.1) is 12.7 Å². The second kappa shape index (κ2) is 9.15. The van der Waals surface area contributed by atoms with Gasteiger partial charge in [0.1, 0.15) is 5.82 Å². The number of carbonyl (C=O) groups is 1. The van der Waals surface area contributed by atoms with Crippen molar-refractivity contribution in [2.75, 3.05) is 6.26 Å². The van der Waals surface area contributed by atoms with Crippen LogP contribution in [0.5, 0.6) is 0 Å². The van der Waals surface area contributed by atoms with Crippen LogP contribution in [0.4, 0.5) is 4.39 Å². The summed E-state index contributed by atoms with van der Waals surface area (Å²) in [7, 11) is -3.42. The maximum absolute atomic E-state index is 13.5. The van der Waals surface area contributed by atoms with Crippen LogP contribution >= 0.6 is 11.6 Å². The standard InChI is InChI=1S/C21H22ClFN4O3S/c1-4-5-20(14-8-16(11-24-10-14)31(3,29)30)26-21(28)17-12-25-27(13(17)2)15-6-7-19(23)18(22)9-15/h6-12,20H,4-5H2,1-3H3,(H,26,28). The van der Waals surface area contributed by atoms with E-state index in [0.29, 0.717) is 28.9 Å². The van der Waals surface area contributed by atoms with E-state index in [9.17, 15) is 17.6 Å². The molecule has 1 amide bonds. The molecule has 3 aromatic rings. The molecule has 0 saturated carbocycles. The fraction of sp³-hybridized carbons (Fsp3) is 0.286. The molecule has 1 aromatic carbocycles. The van der Waals surface area contributed by atoms with Crippen LogP contribution in [0.3, 0.4) is 0 Å². The summed E-state index contributed by atoms with van der Waals surface area (Å²) in [6.45, 7) is 3.69. The van der Waals surface area contributed by atoms with Crippen molar-refractivity contribution >= 4 is 27.3 Å². The van der Waals surface area contributed by atoms with E-state index in [1.54, 1.807) is 13.1 Å². The first kappa shape index (κ1) is 22.9. The normalized spacial score (nSPS) is 12.5. The molecule has 0 bridgehead atoms. The monoisotopic (exact) mass is 464 g/mol. The Hall–Kier alpha value is -2.78. The van der Waals surface area contributed by atoms with Gasteiger partial charge < -0.3 is 5.32 Å². The highest BCUT2D eigenvalue weighted by Crippen LogP contribution is 2.23. The molecule has 0 radical (unpaired) electrons. The number of hydrogen-bond donors (Lipinski definition) is 1. The fourth-order valence-electron chi connectivity index (χ4n) is 3.19. The molecular formula is C21H22ClFN4O3S. The molecule has 0 spiro atoms. The van der Waals surface area contributed by atoms with E-state index in [0.717, 1.165) is 12.7 Å². The van der Waals surface area contributed by atoms with Gasteiger partial charge >= 0.3 is 0 Å². The van der Waals surface area contributed by atoms with Gasteiger partial charge in [0.25, 0.3) is 5.91 Å². The van der Waals surface area contributed by atoms with E-state index < -0.39 is 21.7 Å². The van der Waals surface area contributed by atoms with Crippen molar-refractivity contribution < 1.29 is 17.6 Å². The zero-order chi connectivity index (χ0) is 22.8. The van der Waals surface area contributed by atoms with Crippen LogP contribution in [0.25, 0.3) is 5.69 Å². The molecule has 1 atom stereocenters. The molecule has 31 heavy (non-hydrogen) atoms. The van der Waals surface area contributed by atoms with Gasteiger partial charge in [-0.2, -0.15) is 5.10 Å². The molecule has 3 rings (SSSR count). The minimum absolute atomic E-state index is 0.0420. The van der Waals surface area contributed by atoms with Crippen molar-refractivity contribution in [2.24, 2.45) is 0 Å². The molecule has 0 saturated heterocycles. The molecule has 1 unspecified atom stereocenters. The highest BCUT2D eigenvalue weighted by atomic mass is 35.5. The smallest absolute Gasteiger partial charge is 0.255 e. The lowest BCUT2D eigenvalue weighted by Crippen LogP contribution is -2.29. The topological polar surface area (TPSA) is 93.9 Å². The number of amides is 1. The Bertz CT molecular complexity index is 1230. The van der Waals surface area contributed by atoms with Crippen molar-refractivity contribution in [3.63, 3.8) is 0 Å². The Morgan fingerprint density at radius 3 is 2.65 bits per heavy atom. The highest BCUT2D eigenvalue weighted by molar-refractivity contribution is 7.90. The van der Waals surface area contributed by atoms with Crippen molar-refractivity contribution in [3.05, 3.63) is 70.5 Å². The Morgan fingerprint density at radius 2 is 2.00 bits per heavy atom. The third kappa shape index (κ3) is 5.11. The van der Waals surface area contributed by atoms with E-state index >= 15 is 0 Å². The molecule has 0 aliphatic rings. The molecule has 0 aliphatic carbocycles. The summed E-state index contributed by atoms with van der Waals surface area (Å²) in [6, 6.07) is 5.29. The van der Waals surface area contributed by atoms with Gasteiger partial charge in [-0.1, -0.05) is 24.9 Å². The first-order chi connectivity index (χ1) is 14.6. The summed E-state index contributed by atoms with van der Waals surface area (Å²) >= 11 is 5.86. The summed E-state index contributed by atoms with van der Waals surface area (Å²) in [4.78, 5) is 17.1. The van der Waals surface area contributed by atoms with E-state index in [1.165, 1.54) is 41.3 Å². The molecule has 0 fully saturated rings. The van der Waals surface area contributed by atoms with Gasteiger partial charge in [0, 0.05) is 18.6 Å². The predicted octanol–water partition coefficient (Wildman–Crippen LogP) is 4.04. The molecule has 2 aromatic heterocycles. The number of sulfone groups is 1. The third-order valence-corrected chi connectivity index (χ3v) is 6.22. The van der Waals surface area contributed by atoms with Crippen LogP contribution in [0.15, 0.2) is 47.8 Å². The molecule has 10 heteroatoms. The van der Waals surface area contributed by atoms with Crippen LogP contribution in [0.1, 0.15) is 47.4 Å². The molecule has 0 aliphatic heterocycles. The van der Waals surface area contributed by atoms with Crippen molar-refractivity contribution in [1.82, 2.24) is 20.1 Å². The number of halogens is 2. The lowest BCUT2D eigenvalue weighted by Gasteiger charge is -2.19. The maximum atomic E-state index is 13.5. The Labute approximate surface area is 185 Å². The van der Waals surface area contributed by atoms with Gasteiger partial charge in [0.15, 0.2) is 9.84 Å². The zero-order valence-electron chi connectivity index (χ0n) is 17.3. The Balaban J connectivity index is 1.88. The minimum atomic E-state index is -3.42. The molecule has 1 N–H and O–H groups in total. The lowest BCUT2D eigenvalue weighted by atomic mass is 10.0. The van der Waals surface area contributed by atoms with E-state index in [4.69, 9.17) is 11.6 Å². The summed E-state index contributed by atoms with van der Waals surface area (Å²) in [5.74, 6) is -0.902. The second-order valence-corrected chi connectivity index (χ2v) is 9.62. The predicted molar refractivity (Wildman–Crippen MR) is 116 cm³/mol. The van der Waals surface area contributed by atoms with Gasteiger partial charge in [-0.05, 0) is 43.2 Å². The van der Waals surface area contributed by atoms with Crippen molar-refractivity contribution in [1.29, 1.82) is 0 Å². The molecule has 164 valence electrons. The number of rotatable bonds is 7. The van der Waals surface area contributed by atoms with Gasteiger partial charge in [0.2, 0.25) is 0 Å². The largest absolute Gasteiger partial charge is 0.345 e. The van der Waals surface area contributed by atoms with Crippen molar-refractivity contribution in [2.45, 2.75) is 37.6 Å². The van der Waals surface area contributed by atoms with Crippen LogP contribution < -0.4 is 5.32 Å². The molecule has 7 nitrogen and oxygen atoms in total. The van der Waals surface area contributed by atoms with Gasteiger partial charge in [0.05, 0.1) is 39.1 Å². The number of hydrogen-bond acceptors (Lipinski definition) is 5. The first-order valence-electron chi connectivity index (χ1n) is 9.57. The second-order valence-electron chi connectivity index (χ2n) is 7.19. The zero-order valence-corrected chi connectivity index (χ0v) is 18.8. The minimum Gasteiger partial charge on any atom is -0.345 e. The molecular weight excluding hydrogens is 443 g/mol. The van der Waals surface area contributed by atoms with Crippen LogP contribution in [0.2, 0.25) is 5.02 Å². The van der Waals surface area contributed by atoms with Gasteiger partial charge in [-0.15, -0.1) is 0 Å². The van der Waals surface area contributed by atoms with Crippen LogP contribution in [-0.4, -0.2) is 35.3 Å². The maximum Gasteiger partial charge on any atom is 0.255 e. The quantitative estimate of drug-likeness (QED) is 0.569. The number of carbonyl (C=O) groups excluding carboxylic acids is 1. The number of benzene rings is 1. The summed E-state index contributed by atoms with van der Waals surface area (Å²) in [5.41, 5.74) is 2.03. The number of aromatic nitrogens is 3. The van der Waals surface area contributed by atoms with Crippen LogP contribution in [-0.2, 0) is 9.84 Å². The van der Waals surface area contributed by atoms with E-state index in [-0.39, 0.29) is 15.8 Å². The summed E-state index contributed by atoms with van der Waals surface area (Å²) < 4.78 is 38.7. The number of pyridine rings is 1. The van der Waals surface area contributed by atoms with Gasteiger partial charge in [-0.25, -0.2) is 17.5 Å². The fourth-order valence-corrected chi connectivity index (χ4v) is 3.96.